The Labute approximate surface area is 287 Å². The van der Waals surface area contributed by atoms with E-state index in [2.05, 4.69) is 27.1 Å². The second-order valence-electron chi connectivity index (χ2n) is 15.1. The standard InChI is InChI=1S/C35H47N5O8S/c1-5-22-19-35(22,32(43)39-49(45,46)25-15-16-25)37-30(41)28-18-24(48-38-27-17-14-21-10-6-9-13-26(21)27)20-40(28)31(42)29(34(2,3)4)36-33(44)47-23-11-7-8-12-23/h5-6,9-10,13,22-25,28-29H,1,7-8,11-12,14-20H2,2-4H3,(H,36,44)(H,37,41)(H,39,43)/b38-27+/t22-,24-,28+,29-,35+/m1/s1. The number of alkyl carbamates (subject to hydrolysis) is 1. The number of likely N-dealkylation sites (tertiary alicyclic amines) is 1. The smallest absolute Gasteiger partial charge is 0.408 e. The lowest BCUT2D eigenvalue weighted by Crippen LogP contribution is -2.60. The Hall–Kier alpha value is -3.94. The van der Waals surface area contributed by atoms with E-state index >= 15 is 0 Å². The number of ether oxygens (including phenoxy) is 1. The van der Waals surface area contributed by atoms with Crippen LogP contribution >= 0.6 is 0 Å². The number of carbonyl (C=O) groups excluding carboxylic acids is 4. The minimum atomic E-state index is -3.87. The van der Waals surface area contributed by atoms with Crippen molar-refractivity contribution in [3.05, 3.63) is 48.0 Å². The number of hydrogen-bond acceptors (Lipinski definition) is 9. The van der Waals surface area contributed by atoms with Crippen LogP contribution < -0.4 is 15.4 Å². The van der Waals surface area contributed by atoms with E-state index in [0.717, 1.165) is 43.4 Å². The fourth-order valence-corrected chi connectivity index (χ4v) is 8.51. The number of rotatable bonds is 11. The van der Waals surface area contributed by atoms with Crippen LogP contribution in [0.25, 0.3) is 0 Å². The van der Waals surface area contributed by atoms with Gasteiger partial charge in [-0.2, -0.15) is 0 Å². The molecule has 0 radical (unpaired) electrons. The summed E-state index contributed by atoms with van der Waals surface area (Å²) >= 11 is 0. The molecule has 1 heterocycles. The summed E-state index contributed by atoms with van der Waals surface area (Å²) in [4.78, 5) is 62.2. The first-order valence-electron chi connectivity index (χ1n) is 17.3. The average Bonchev–Trinajstić information content (AvgIpc) is 3.85. The van der Waals surface area contributed by atoms with Crippen LogP contribution in [0.2, 0.25) is 0 Å². The first-order chi connectivity index (χ1) is 23.2. The number of sulfonamides is 1. The van der Waals surface area contributed by atoms with Crippen molar-refractivity contribution in [1.29, 1.82) is 0 Å². The van der Waals surface area contributed by atoms with E-state index in [1.807, 2.05) is 45.0 Å². The molecule has 49 heavy (non-hydrogen) atoms. The van der Waals surface area contributed by atoms with Crippen molar-refractivity contribution in [3.8, 4) is 0 Å². The van der Waals surface area contributed by atoms with Gasteiger partial charge in [-0.05, 0) is 68.8 Å². The van der Waals surface area contributed by atoms with Crippen molar-refractivity contribution >= 4 is 39.5 Å². The third-order valence-corrected chi connectivity index (χ3v) is 12.1. The zero-order chi connectivity index (χ0) is 35.1. The second kappa shape index (κ2) is 13.4. The van der Waals surface area contributed by atoms with Crippen LogP contribution in [-0.4, -0.2) is 84.5 Å². The number of nitrogens with one attached hydrogen (secondary N) is 3. The summed E-state index contributed by atoms with van der Waals surface area (Å²) in [7, 11) is -3.87. The molecule has 1 aliphatic heterocycles. The normalized spacial score (nSPS) is 28.0. The molecule has 4 aliphatic carbocycles. The van der Waals surface area contributed by atoms with Gasteiger partial charge in [0.1, 0.15) is 29.8 Å². The number of fused-ring (bicyclic) bond motifs is 1. The minimum absolute atomic E-state index is 0.00141. The van der Waals surface area contributed by atoms with Crippen LogP contribution in [0.1, 0.15) is 89.7 Å². The van der Waals surface area contributed by atoms with E-state index in [1.165, 1.54) is 16.5 Å². The quantitative estimate of drug-likeness (QED) is 0.234. The van der Waals surface area contributed by atoms with E-state index < -0.39 is 74.1 Å². The molecule has 1 aromatic carbocycles. The summed E-state index contributed by atoms with van der Waals surface area (Å²) in [5.74, 6) is -2.46. The highest BCUT2D eigenvalue weighted by molar-refractivity contribution is 7.91. The van der Waals surface area contributed by atoms with Crippen LogP contribution in [0.3, 0.4) is 0 Å². The third kappa shape index (κ3) is 7.48. The Bertz CT molecular complexity index is 1640. The number of carbonyl (C=O) groups is 4. The lowest BCUT2D eigenvalue weighted by atomic mass is 9.85. The Morgan fingerprint density at radius 2 is 1.78 bits per heavy atom. The molecule has 266 valence electrons. The predicted molar refractivity (Wildman–Crippen MR) is 181 cm³/mol. The molecular formula is C35H47N5O8S. The molecule has 0 bridgehead atoms. The number of oxime groups is 1. The minimum Gasteiger partial charge on any atom is -0.446 e. The zero-order valence-electron chi connectivity index (χ0n) is 28.4. The number of amides is 4. The molecule has 4 amide bonds. The fourth-order valence-electron chi connectivity index (χ4n) is 7.15. The van der Waals surface area contributed by atoms with Gasteiger partial charge in [0.2, 0.25) is 21.8 Å². The molecule has 0 aromatic heterocycles. The summed E-state index contributed by atoms with van der Waals surface area (Å²) in [6.07, 6.45) is 6.13. The van der Waals surface area contributed by atoms with E-state index in [4.69, 9.17) is 9.57 Å². The molecule has 4 fully saturated rings. The highest BCUT2D eigenvalue weighted by Gasteiger charge is 2.62. The van der Waals surface area contributed by atoms with Gasteiger partial charge in [0, 0.05) is 17.9 Å². The van der Waals surface area contributed by atoms with Gasteiger partial charge in [0.05, 0.1) is 17.5 Å². The number of benzene rings is 1. The van der Waals surface area contributed by atoms with Gasteiger partial charge in [0.25, 0.3) is 5.91 Å². The van der Waals surface area contributed by atoms with Gasteiger partial charge >= 0.3 is 6.09 Å². The van der Waals surface area contributed by atoms with Gasteiger partial charge in [-0.15, -0.1) is 6.58 Å². The molecule has 0 unspecified atom stereocenters. The Kier molecular flexibility index (Phi) is 9.55. The predicted octanol–water partition coefficient (Wildman–Crippen LogP) is 3.08. The lowest BCUT2D eigenvalue weighted by molar-refractivity contribution is -0.143. The maximum atomic E-state index is 14.4. The number of aryl methyl sites for hydroxylation is 1. The monoisotopic (exact) mass is 697 g/mol. The fraction of sp³-hybridized carbons (Fsp3) is 0.629. The molecule has 0 spiro atoms. The Morgan fingerprint density at radius 3 is 2.43 bits per heavy atom. The molecule has 6 rings (SSSR count). The highest BCUT2D eigenvalue weighted by Crippen LogP contribution is 2.45. The molecule has 13 nitrogen and oxygen atoms in total. The van der Waals surface area contributed by atoms with Crippen molar-refractivity contribution in [2.45, 2.75) is 120 Å². The average molecular weight is 698 g/mol. The van der Waals surface area contributed by atoms with Gasteiger partial charge < -0.3 is 25.1 Å². The van der Waals surface area contributed by atoms with Crippen molar-refractivity contribution in [1.82, 2.24) is 20.3 Å². The summed E-state index contributed by atoms with van der Waals surface area (Å²) in [6.45, 7) is 9.20. The van der Waals surface area contributed by atoms with Crippen molar-refractivity contribution in [3.63, 3.8) is 0 Å². The van der Waals surface area contributed by atoms with Gasteiger partial charge in [-0.25, -0.2) is 13.2 Å². The van der Waals surface area contributed by atoms with Crippen LogP contribution in [-0.2, 0) is 40.4 Å². The zero-order valence-corrected chi connectivity index (χ0v) is 29.2. The molecule has 5 atom stereocenters. The number of hydrogen-bond donors (Lipinski definition) is 3. The van der Waals surface area contributed by atoms with E-state index in [-0.39, 0.29) is 25.5 Å². The molecule has 14 heteroatoms. The molecular weight excluding hydrogens is 650 g/mol. The molecule has 3 saturated carbocycles. The van der Waals surface area contributed by atoms with Crippen LogP contribution in [0.5, 0.6) is 0 Å². The lowest BCUT2D eigenvalue weighted by Gasteiger charge is -2.35. The first kappa shape index (κ1) is 34.9. The van der Waals surface area contributed by atoms with Crippen molar-refractivity contribution in [2.75, 3.05) is 6.54 Å². The second-order valence-corrected chi connectivity index (χ2v) is 17.1. The van der Waals surface area contributed by atoms with Crippen LogP contribution in [0.4, 0.5) is 4.79 Å². The van der Waals surface area contributed by atoms with Gasteiger partial charge in [-0.1, -0.05) is 56.3 Å². The highest BCUT2D eigenvalue weighted by atomic mass is 32.2. The van der Waals surface area contributed by atoms with Crippen LogP contribution in [0.15, 0.2) is 42.1 Å². The number of nitrogens with zero attached hydrogens (tertiary/aromatic N) is 2. The van der Waals surface area contributed by atoms with E-state index in [1.54, 1.807) is 0 Å². The van der Waals surface area contributed by atoms with Gasteiger partial charge in [-0.3, -0.25) is 19.1 Å². The van der Waals surface area contributed by atoms with E-state index in [9.17, 15) is 27.6 Å². The first-order valence-corrected chi connectivity index (χ1v) is 18.9. The van der Waals surface area contributed by atoms with Gasteiger partial charge in [0.15, 0.2) is 0 Å². The largest absolute Gasteiger partial charge is 0.446 e. The summed E-state index contributed by atoms with van der Waals surface area (Å²) in [6, 6.07) is 5.79. The maximum Gasteiger partial charge on any atom is 0.408 e. The topological polar surface area (TPSA) is 173 Å². The molecule has 1 aromatic rings. The van der Waals surface area contributed by atoms with Crippen molar-refractivity contribution < 1.29 is 37.2 Å². The maximum absolute atomic E-state index is 14.4. The Balaban J connectivity index is 1.23. The van der Waals surface area contributed by atoms with Crippen molar-refractivity contribution in [2.24, 2.45) is 16.5 Å². The van der Waals surface area contributed by atoms with Crippen LogP contribution in [0, 0.1) is 11.3 Å². The summed E-state index contributed by atoms with van der Waals surface area (Å²) < 4.78 is 33.0. The summed E-state index contributed by atoms with van der Waals surface area (Å²) in [5.41, 5.74) is 0.669. The molecule has 5 aliphatic rings. The summed E-state index contributed by atoms with van der Waals surface area (Å²) in [5, 5.41) is 9.38. The third-order valence-electron chi connectivity index (χ3n) is 10.3. The molecule has 1 saturated heterocycles. The molecule has 3 N–H and O–H groups in total. The Morgan fingerprint density at radius 1 is 1.06 bits per heavy atom. The SMILES string of the molecule is C=C[C@@H]1C[C@@]1(NC(=O)[C@@H]1C[C@@H](O/N=C2\CCc3ccccc32)CN1C(=O)[C@@H](NC(=O)OC1CCCC1)C(C)(C)C)C(=O)NS(=O)(=O)C1CC1. The van der Waals surface area contributed by atoms with E-state index in [0.29, 0.717) is 19.3 Å².